The topological polar surface area (TPSA) is 33.7 Å². The quantitative estimate of drug-likeness (QED) is 0.922. The number of ether oxygens (including phenoxy) is 2. The number of alkyl halides is 2. The van der Waals surface area contributed by atoms with Gasteiger partial charge >= 0.3 is 0 Å². The summed E-state index contributed by atoms with van der Waals surface area (Å²) >= 11 is 0. The van der Waals surface area contributed by atoms with E-state index in [1.165, 1.54) is 6.07 Å². The molecule has 0 unspecified atom stereocenters. The number of fused-ring (bicyclic) bond motifs is 1. The first kappa shape index (κ1) is 15.5. The molecule has 3 rings (SSSR count). The van der Waals surface area contributed by atoms with Gasteiger partial charge in [-0.05, 0) is 24.1 Å². The van der Waals surface area contributed by atoms with E-state index in [0.29, 0.717) is 31.1 Å². The highest BCUT2D eigenvalue weighted by atomic mass is 19.3. The maximum atomic E-state index is 13.7. The monoisotopic (exact) mass is 312 g/mol. The largest absolute Gasteiger partial charge is 0.486 e. The van der Waals surface area contributed by atoms with Crippen LogP contribution in [0.2, 0.25) is 0 Å². The van der Waals surface area contributed by atoms with Gasteiger partial charge in [-0.15, -0.1) is 0 Å². The summed E-state index contributed by atoms with van der Waals surface area (Å²) in [5.74, 6) is -1.80. The normalized spacial score (nSPS) is 19.2. The van der Waals surface area contributed by atoms with Gasteiger partial charge in [0, 0.05) is 45.2 Å². The van der Waals surface area contributed by atoms with Gasteiger partial charge in [-0.2, -0.15) is 0 Å². The van der Waals surface area contributed by atoms with Crippen molar-refractivity contribution in [2.45, 2.75) is 19.3 Å². The van der Waals surface area contributed by atoms with Gasteiger partial charge < -0.3 is 19.7 Å². The van der Waals surface area contributed by atoms with E-state index >= 15 is 0 Å². The fourth-order valence-electron chi connectivity index (χ4n) is 2.88. The summed E-state index contributed by atoms with van der Waals surface area (Å²) in [6.45, 7) is 6.56. The predicted molar refractivity (Wildman–Crippen MR) is 80.0 cm³/mol. The minimum Gasteiger partial charge on any atom is -0.486 e. The lowest BCUT2D eigenvalue weighted by atomic mass is 10.0. The van der Waals surface area contributed by atoms with E-state index in [1.54, 1.807) is 6.07 Å². The Morgan fingerprint density at radius 2 is 1.91 bits per heavy atom. The van der Waals surface area contributed by atoms with Gasteiger partial charge in [-0.1, -0.05) is 0 Å². The van der Waals surface area contributed by atoms with Crippen molar-refractivity contribution in [3.63, 3.8) is 0 Å². The molecule has 0 spiro atoms. The van der Waals surface area contributed by atoms with Gasteiger partial charge in [0.15, 0.2) is 11.5 Å². The number of nitrogens with zero attached hydrogens (tertiary/aromatic N) is 1. The molecule has 2 aliphatic rings. The molecule has 0 atom stereocenters. The highest BCUT2D eigenvalue weighted by molar-refractivity contribution is 5.51. The van der Waals surface area contributed by atoms with Crippen molar-refractivity contribution in [2.75, 3.05) is 45.9 Å². The van der Waals surface area contributed by atoms with Crippen LogP contribution in [-0.2, 0) is 12.3 Å². The van der Waals surface area contributed by atoms with Crippen molar-refractivity contribution >= 4 is 0 Å². The second kappa shape index (κ2) is 6.38. The van der Waals surface area contributed by atoms with Crippen molar-refractivity contribution in [2.24, 2.45) is 0 Å². The summed E-state index contributed by atoms with van der Waals surface area (Å²) in [6, 6.07) is 2.97. The third-order valence-electron chi connectivity index (χ3n) is 4.13. The lowest BCUT2D eigenvalue weighted by molar-refractivity contribution is 0.0168. The van der Waals surface area contributed by atoms with Crippen molar-refractivity contribution in [3.8, 4) is 11.5 Å². The van der Waals surface area contributed by atoms with E-state index in [4.69, 9.17) is 9.47 Å². The van der Waals surface area contributed by atoms with E-state index < -0.39 is 5.92 Å². The maximum Gasteiger partial charge on any atom is 0.270 e. The Labute approximate surface area is 129 Å². The second-order valence-electron chi connectivity index (χ2n) is 5.89. The molecule has 1 aromatic rings. The smallest absolute Gasteiger partial charge is 0.270 e. The van der Waals surface area contributed by atoms with Crippen LogP contribution in [0.15, 0.2) is 12.1 Å². The number of piperazine rings is 1. The molecule has 4 nitrogen and oxygen atoms in total. The molecule has 22 heavy (non-hydrogen) atoms. The molecule has 0 aromatic heterocycles. The molecule has 2 heterocycles. The molecule has 0 radical (unpaired) electrons. The number of benzene rings is 1. The van der Waals surface area contributed by atoms with Crippen LogP contribution in [0.25, 0.3) is 0 Å². The van der Waals surface area contributed by atoms with Crippen LogP contribution in [0.4, 0.5) is 8.78 Å². The van der Waals surface area contributed by atoms with Crippen LogP contribution in [-0.4, -0.2) is 50.8 Å². The Hall–Kier alpha value is -1.40. The van der Waals surface area contributed by atoms with Crippen LogP contribution < -0.4 is 14.8 Å². The van der Waals surface area contributed by atoms with Crippen LogP contribution in [0.1, 0.15) is 18.1 Å². The molecule has 1 fully saturated rings. The molecular weight excluding hydrogens is 290 g/mol. The fraction of sp³-hybridized carbons (Fsp3) is 0.625. The minimum absolute atomic E-state index is 0.00735. The zero-order valence-electron chi connectivity index (χ0n) is 12.8. The average molecular weight is 312 g/mol. The SMILES string of the molecule is CC(F)(F)c1cc(CCN2CCNCC2)c2c(c1)OCCO2. The summed E-state index contributed by atoms with van der Waals surface area (Å²) in [5.41, 5.74) is 0.805. The molecule has 1 N–H and O–H groups in total. The Kier molecular flexibility index (Phi) is 4.49. The van der Waals surface area contributed by atoms with Crippen molar-refractivity contribution in [1.29, 1.82) is 0 Å². The zero-order valence-corrected chi connectivity index (χ0v) is 12.8. The first-order chi connectivity index (χ1) is 10.5. The average Bonchev–Trinajstić information content (AvgIpc) is 2.52. The van der Waals surface area contributed by atoms with Gasteiger partial charge in [0.25, 0.3) is 5.92 Å². The van der Waals surface area contributed by atoms with E-state index in [2.05, 4.69) is 10.2 Å². The Morgan fingerprint density at radius 1 is 1.18 bits per heavy atom. The standard InChI is InChI=1S/C16H22F2N2O2/c1-16(17,18)13-10-12(2-5-20-6-3-19-4-7-20)15-14(11-13)21-8-9-22-15/h10-11,19H,2-9H2,1H3. The van der Waals surface area contributed by atoms with Gasteiger partial charge in [-0.25, -0.2) is 8.78 Å². The number of hydrogen-bond donors (Lipinski definition) is 1. The van der Waals surface area contributed by atoms with Crippen molar-refractivity contribution < 1.29 is 18.3 Å². The van der Waals surface area contributed by atoms with Crippen LogP contribution in [0.5, 0.6) is 11.5 Å². The molecule has 6 heteroatoms. The summed E-state index contributed by atoms with van der Waals surface area (Å²) in [5, 5.41) is 3.31. The van der Waals surface area contributed by atoms with Gasteiger partial charge in [0.2, 0.25) is 0 Å². The van der Waals surface area contributed by atoms with Crippen LogP contribution >= 0.6 is 0 Å². The van der Waals surface area contributed by atoms with Crippen molar-refractivity contribution in [3.05, 3.63) is 23.3 Å². The third kappa shape index (κ3) is 3.50. The van der Waals surface area contributed by atoms with Crippen LogP contribution in [0, 0.1) is 0 Å². The lowest BCUT2D eigenvalue weighted by Gasteiger charge is -2.28. The van der Waals surface area contributed by atoms with E-state index in [-0.39, 0.29) is 5.56 Å². The maximum absolute atomic E-state index is 13.7. The fourth-order valence-corrected chi connectivity index (χ4v) is 2.88. The molecule has 1 saturated heterocycles. The Bertz CT molecular complexity index is 526. The van der Waals surface area contributed by atoms with E-state index in [0.717, 1.165) is 45.2 Å². The second-order valence-corrected chi connectivity index (χ2v) is 5.89. The first-order valence-electron chi connectivity index (χ1n) is 7.78. The molecule has 122 valence electrons. The van der Waals surface area contributed by atoms with E-state index in [1.807, 2.05) is 0 Å². The van der Waals surface area contributed by atoms with Crippen LogP contribution in [0.3, 0.4) is 0 Å². The molecular formula is C16H22F2N2O2. The highest BCUT2D eigenvalue weighted by Crippen LogP contribution is 2.40. The zero-order chi connectivity index (χ0) is 15.6. The Morgan fingerprint density at radius 3 is 2.64 bits per heavy atom. The van der Waals surface area contributed by atoms with E-state index in [9.17, 15) is 8.78 Å². The molecule has 0 bridgehead atoms. The molecule has 0 saturated carbocycles. The molecule has 0 amide bonds. The number of nitrogens with one attached hydrogen (secondary N) is 1. The third-order valence-corrected chi connectivity index (χ3v) is 4.13. The molecule has 2 aliphatic heterocycles. The first-order valence-corrected chi connectivity index (χ1v) is 7.78. The molecule has 1 aromatic carbocycles. The number of rotatable bonds is 4. The van der Waals surface area contributed by atoms with Gasteiger partial charge in [0.1, 0.15) is 13.2 Å². The highest BCUT2D eigenvalue weighted by Gasteiger charge is 2.29. The van der Waals surface area contributed by atoms with Crippen molar-refractivity contribution in [1.82, 2.24) is 10.2 Å². The summed E-state index contributed by atoms with van der Waals surface area (Å²) < 4.78 is 38.5. The summed E-state index contributed by atoms with van der Waals surface area (Å²) in [7, 11) is 0. The summed E-state index contributed by atoms with van der Waals surface area (Å²) in [4.78, 5) is 2.34. The number of hydrogen-bond acceptors (Lipinski definition) is 4. The lowest BCUT2D eigenvalue weighted by Crippen LogP contribution is -2.44. The number of halogens is 2. The predicted octanol–water partition coefficient (Wildman–Crippen LogP) is 2.02. The van der Waals surface area contributed by atoms with Gasteiger partial charge in [-0.3, -0.25) is 0 Å². The summed E-state index contributed by atoms with van der Waals surface area (Å²) in [6.07, 6.45) is 0.690. The Balaban J connectivity index is 1.81. The molecule has 0 aliphatic carbocycles. The minimum atomic E-state index is -2.88. The van der Waals surface area contributed by atoms with Gasteiger partial charge in [0.05, 0.1) is 0 Å².